The molecule has 1 aromatic carbocycles. The minimum absolute atomic E-state index is 0.0511. The highest BCUT2D eigenvalue weighted by atomic mass is 35.5. The number of thiophene rings is 1. The highest BCUT2D eigenvalue weighted by Gasteiger charge is 2.11. The number of aromatic carboxylic acids is 1. The van der Waals surface area contributed by atoms with Crippen molar-refractivity contribution in [1.29, 1.82) is 0 Å². The van der Waals surface area contributed by atoms with Crippen LogP contribution in [0.1, 0.15) is 33.1 Å². The highest BCUT2D eigenvalue weighted by Crippen LogP contribution is 2.26. The van der Waals surface area contributed by atoms with Gasteiger partial charge in [-0.1, -0.05) is 29.3 Å². The Balaban J connectivity index is 2.00. The molecule has 1 heterocycles. The van der Waals surface area contributed by atoms with Crippen molar-refractivity contribution in [3.05, 3.63) is 55.7 Å². The molecule has 2 rings (SSSR count). The standard InChI is InChI=1S/C14H13Cl2NO2S/c1-8(11-4-2-9(15)6-12(11)16)17-7-10-3-5-13(20-10)14(18)19/h2-6,8,17H,7H2,1H3,(H,18,19). The maximum atomic E-state index is 10.8. The molecule has 0 bridgehead atoms. The summed E-state index contributed by atoms with van der Waals surface area (Å²) in [6.07, 6.45) is 0. The molecule has 2 aromatic rings. The molecular weight excluding hydrogens is 317 g/mol. The first-order valence-electron chi connectivity index (χ1n) is 5.97. The average Bonchev–Trinajstić information content (AvgIpc) is 2.85. The van der Waals surface area contributed by atoms with Crippen molar-refractivity contribution in [3.8, 4) is 0 Å². The molecule has 1 atom stereocenters. The molecule has 0 fully saturated rings. The Hall–Kier alpha value is -1.07. The quantitative estimate of drug-likeness (QED) is 0.842. The third-order valence-corrected chi connectivity index (χ3v) is 4.52. The number of nitrogens with one attached hydrogen (secondary N) is 1. The van der Waals surface area contributed by atoms with Crippen LogP contribution in [0.25, 0.3) is 0 Å². The minimum Gasteiger partial charge on any atom is -0.477 e. The van der Waals surface area contributed by atoms with E-state index in [1.54, 1.807) is 18.2 Å². The van der Waals surface area contributed by atoms with Gasteiger partial charge in [0.25, 0.3) is 0 Å². The lowest BCUT2D eigenvalue weighted by Gasteiger charge is -2.15. The summed E-state index contributed by atoms with van der Waals surface area (Å²) >= 11 is 13.3. The van der Waals surface area contributed by atoms with E-state index in [-0.39, 0.29) is 6.04 Å². The first-order chi connectivity index (χ1) is 9.47. The molecule has 6 heteroatoms. The van der Waals surface area contributed by atoms with E-state index in [9.17, 15) is 4.79 Å². The summed E-state index contributed by atoms with van der Waals surface area (Å²) in [6, 6.07) is 8.88. The third-order valence-electron chi connectivity index (χ3n) is 2.88. The smallest absolute Gasteiger partial charge is 0.345 e. The molecule has 0 saturated carbocycles. The zero-order valence-corrected chi connectivity index (χ0v) is 13.0. The van der Waals surface area contributed by atoms with Crippen LogP contribution < -0.4 is 5.32 Å². The van der Waals surface area contributed by atoms with Crippen molar-refractivity contribution in [1.82, 2.24) is 5.32 Å². The van der Waals surface area contributed by atoms with Gasteiger partial charge in [-0.15, -0.1) is 11.3 Å². The zero-order chi connectivity index (χ0) is 14.7. The maximum absolute atomic E-state index is 10.8. The Labute approximate surface area is 131 Å². The SMILES string of the molecule is CC(NCc1ccc(C(=O)O)s1)c1ccc(Cl)cc1Cl. The lowest BCUT2D eigenvalue weighted by Crippen LogP contribution is -2.17. The first kappa shape index (κ1) is 15.3. The number of benzene rings is 1. The molecule has 2 N–H and O–H groups in total. The molecular formula is C14H13Cl2NO2S. The monoisotopic (exact) mass is 329 g/mol. The number of carboxylic acids is 1. The molecule has 0 radical (unpaired) electrons. The molecule has 1 aromatic heterocycles. The van der Waals surface area contributed by atoms with E-state index in [0.717, 1.165) is 10.4 Å². The molecule has 0 aliphatic carbocycles. The lowest BCUT2D eigenvalue weighted by molar-refractivity contribution is 0.0702. The molecule has 0 aliphatic heterocycles. The van der Waals surface area contributed by atoms with Gasteiger partial charge in [-0.05, 0) is 36.8 Å². The van der Waals surface area contributed by atoms with Crippen LogP contribution in [-0.4, -0.2) is 11.1 Å². The number of carbonyl (C=O) groups is 1. The van der Waals surface area contributed by atoms with Crippen molar-refractivity contribution >= 4 is 40.5 Å². The highest BCUT2D eigenvalue weighted by molar-refractivity contribution is 7.13. The van der Waals surface area contributed by atoms with Crippen molar-refractivity contribution in [2.45, 2.75) is 19.5 Å². The lowest BCUT2D eigenvalue weighted by atomic mass is 10.1. The zero-order valence-electron chi connectivity index (χ0n) is 10.7. The van der Waals surface area contributed by atoms with Crippen LogP contribution in [0, 0.1) is 0 Å². The molecule has 20 heavy (non-hydrogen) atoms. The predicted octanol–water partition coefficient (Wildman–Crippen LogP) is 4.60. The fraction of sp³-hybridized carbons (Fsp3) is 0.214. The van der Waals surface area contributed by atoms with Crippen LogP contribution in [0.4, 0.5) is 0 Å². The number of carboxylic acid groups (broad SMARTS) is 1. The second-order valence-corrected chi connectivity index (χ2v) is 6.35. The first-order valence-corrected chi connectivity index (χ1v) is 7.55. The number of halogens is 2. The van der Waals surface area contributed by atoms with E-state index in [2.05, 4.69) is 5.32 Å². The normalized spacial score (nSPS) is 12.3. The van der Waals surface area contributed by atoms with Crippen molar-refractivity contribution < 1.29 is 9.90 Å². The Morgan fingerprint density at radius 3 is 2.70 bits per heavy atom. The third kappa shape index (κ3) is 3.73. The van der Waals surface area contributed by atoms with E-state index in [0.29, 0.717) is 21.5 Å². The van der Waals surface area contributed by atoms with E-state index < -0.39 is 5.97 Å². The van der Waals surface area contributed by atoms with Gasteiger partial charge in [0.1, 0.15) is 4.88 Å². The second kappa shape index (κ2) is 6.59. The molecule has 0 amide bonds. The Morgan fingerprint density at radius 1 is 1.35 bits per heavy atom. The van der Waals surface area contributed by atoms with Crippen LogP contribution in [-0.2, 0) is 6.54 Å². The van der Waals surface area contributed by atoms with Crippen molar-refractivity contribution in [2.24, 2.45) is 0 Å². The molecule has 0 spiro atoms. The second-order valence-electron chi connectivity index (χ2n) is 4.34. The Bertz CT molecular complexity index is 627. The maximum Gasteiger partial charge on any atom is 0.345 e. The van der Waals surface area contributed by atoms with Crippen molar-refractivity contribution in [2.75, 3.05) is 0 Å². The molecule has 0 saturated heterocycles. The van der Waals surface area contributed by atoms with Gasteiger partial charge in [0.05, 0.1) is 0 Å². The van der Waals surface area contributed by atoms with Crippen LogP contribution in [0.2, 0.25) is 10.0 Å². The summed E-state index contributed by atoms with van der Waals surface area (Å²) in [5.41, 5.74) is 0.964. The predicted molar refractivity (Wildman–Crippen MR) is 83.0 cm³/mol. The van der Waals surface area contributed by atoms with Gasteiger partial charge in [-0.2, -0.15) is 0 Å². The molecule has 1 unspecified atom stereocenters. The van der Waals surface area contributed by atoms with Crippen LogP contribution in [0.15, 0.2) is 30.3 Å². The van der Waals surface area contributed by atoms with Crippen LogP contribution in [0.5, 0.6) is 0 Å². The Morgan fingerprint density at radius 2 is 2.10 bits per heavy atom. The fourth-order valence-corrected chi connectivity index (χ4v) is 3.17. The van der Waals surface area contributed by atoms with Crippen LogP contribution >= 0.6 is 34.5 Å². The summed E-state index contributed by atoms with van der Waals surface area (Å²) in [7, 11) is 0. The van der Waals surface area contributed by atoms with Gasteiger partial charge in [-0.3, -0.25) is 0 Å². The summed E-state index contributed by atoms with van der Waals surface area (Å²) in [6.45, 7) is 2.60. The van der Waals surface area contributed by atoms with Gasteiger partial charge in [0, 0.05) is 27.5 Å². The van der Waals surface area contributed by atoms with E-state index in [4.69, 9.17) is 28.3 Å². The van der Waals surface area contributed by atoms with Gasteiger partial charge >= 0.3 is 5.97 Å². The number of hydrogen-bond donors (Lipinski definition) is 2. The minimum atomic E-state index is -0.893. The largest absolute Gasteiger partial charge is 0.477 e. The molecule has 106 valence electrons. The summed E-state index contributed by atoms with van der Waals surface area (Å²) in [5, 5.41) is 13.4. The van der Waals surface area contributed by atoms with Gasteiger partial charge in [0.2, 0.25) is 0 Å². The number of rotatable bonds is 5. The van der Waals surface area contributed by atoms with Gasteiger partial charge in [0.15, 0.2) is 0 Å². The topological polar surface area (TPSA) is 49.3 Å². The fourth-order valence-electron chi connectivity index (χ4n) is 1.80. The van der Waals surface area contributed by atoms with E-state index in [1.165, 1.54) is 11.3 Å². The average molecular weight is 330 g/mol. The summed E-state index contributed by atoms with van der Waals surface area (Å²) in [4.78, 5) is 12.1. The molecule has 0 aliphatic rings. The van der Waals surface area contributed by atoms with Gasteiger partial charge in [-0.25, -0.2) is 4.79 Å². The summed E-state index contributed by atoms with van der Waals surface area (Å²) in [5.74, 6) is -0.893. The molecule has 3 nitrogen and oxygen atoms in total. The van der Waals surface area contributed by atoms with Crippen LogP contribution in [0.3, 0.4) is 0 Å². The van der Waals surface area contributed by atoms with E-state index in [1.807, 2.05) is 19.1 Å². The van der Waals surface area contributed by atoms with Crippen molar-refractivity contribution in [3.63, 3.8) is 0 Å². The van der Waals surface area contributed by atoms with Gasteiger partial charge < -0.3 is 10.4 Å². The summed E-state index contributed by atoms with van der Waals surface area (Å²) < 4.78 is 0. The van der Waals surface area contributed by atoms with E-state index >= 15 is 0 Å². The Kier molecular flexibility index (Phi) is 5.05. The number of hydrogen-bond acceptors (Lipinski definition) is 3.